The molecule has 1 saturated heterocycles. The number of rotatable bonds is 4. The standard InChI is InChI=1S/C17H21N5O3S/c1-3-25-16(24)11-5-4-7-21(9-11)10-13-18-19-17-20(2)15(23)14-12(22(13)17)6-8-26-14/h6,8,11H,3-5,7,9-10H2,1-2H3/t11-/m0/s1. The topological polar surface area (TPSA) is 81.7 Å². The highest BCUT2D eigenvalue weighted by Crippen LogP contribution is 2.22. The number of esters is 1. The lowest BCUT2D eigenvalue weighted by atomic mass is 9.98. The van der Waals surface area contributed by atoms with Gasteiger partial charge in [-0.2, -0.15) is 0 Å². The maximum Gasteiger partial charge on any atom is 0.310 e. The van der Waals surface area contributed by atoms with Gasteiger partial charge in [0.05, 0.1) is 24.6 Å². The molecule has 4 rings (SSSR count). The number of ether oxygens (including phenoxy) is 1. The molecule has 8 nitrogen and oxygen atoms in total. The van der Waals surface area contributed by atoms with Crippen molar-refractivity contribution >= 4 is 33.3 Å². The van der Waals surface area contributed by atoms with Gasteiger partial charge in [0.15, 0.2) is 5.82 Å². The summed E-state index contributed by atoms with van der Waals surface area (Å²) in [7, 11) is 1.72. The van der Waals surface area contributed by atoms with E-state index in [1.165, 1.54) is 15.9 Å². The smallest absolute Gasteiger partial charge is 0.310 e. The molecule has 1 aliphatic heterocycles. The van der Waals surface area contributed by atoms with E-state index in [1.54, 1.807) is 7.05 Å². The van der Waals surface area contributed by atoms with E-state index in [0.717, 1.165) is 30.7 Å². The van der Waals surface area contributed by atoms with Gasteiger partial charge in [-0.3, -0.25) is 23.5 Å². The summed E-state index contributed by atoms with van der Waals surface area (Å²) < 4.78 is 9.35. The predicted octanol–water partition coefficient (Wildman–Crippen LogP) is 1.42. The molecule has 0 amide bonds. The summed E-state index contributed by atoms with van der Waals surface area (Å²) in [4.78, 5) is 26.7. The van der Waals surface area contributed by atoms with Gasteiger partial charge in [-0.05, 0) is 37.8 Å². The Kier molecular flexibility index (Phi) is 4.49. The number of carbonyl (C=O) groups excluding carboxylic acids is 1. The maximum absolute atomic E-state index is 12.4. The number of thiophene rings is 1. The molecule has 0 aromatic carbocycles. The summed E-state index contributed by atoms with van der Waals surface area (Å²) in [5.41, 5.74) is 0.786. The molecule has 0 radical (unpaired) electrons. The number of carbonyl (C=O) groups is 1. The molecule has 9 heteroatoms. The SMILES string of the molecule is CCOC(=O)[C@H]1CCCN(Cc2nnc3n(C)c(=O)c4sccc4n23)C1. The van der Waals surface area contributed by atoms with Crippen LogP contribution in [0.4, 0.5) is 0 Å². The molecule has 3 aromatic rings. The van der Waals surface area contributed by atoms with Crippen LogP contribution < -0.4 is 5.56 Å². The average molecular weight is 375 g/mol. The Morgan fingerprint density at radius 3 is 3.08 bits per heavy atom. The van der Waals surface area contributed by atoms with Crippen molar-refractivity contribution in [1.82, 2.24) is 24.1 Å². The minimum atomic E-state index is -0.120. The molecule has 0 aliphatic carbocycles. The molecule has 26 heavy (non-hydrogen) atoms. The minimum absolute atomic E-state index is 0.0539. The number of piperidine rings is 1. The summed E-state index contributed by atoms with van der Waals surface area (Å²) in [6.45, 7) is 4.39. The van der Waals surface area contributed by atoms with E-state index in [-0.39, 0.29) is 17.4 Å². The summed E-state index contributed by atoms with van der Waals surface area (Å²) in [6.07, 6.45) is 1.81. The first-order valence-corrected chi connectivity index (χ1v) is 9.67. The van der Waals surface area contributed by atoms with Crippen LogP contribution in [0.15, 0.2) is 16.2 Å². The highest BCUT2D eigenvalue weighted by molar-refractivity contribution is 7.17. The number of likely N-dealkylation sites (tertiary alicyclic amines) is 1. The zero-order valence-electron chi connectivity index (χ0n) is 14.8. The van der Waals surface area contributed by atoms with Gasteiger partial charge in [0.1, 0.15) is 4.70 Å². The first kappa shape index (κ1) is 17.2. The van der Waals surface area contributed by atoms with Crippen LogP contribution in [0.5, 0.6) is 0 Å². The summed E-state index contributed by atoms with van der Waals surface area (Å²) in [6, 6.07) is 1.93. The van der Waals surface area contributed by atoms with Gasteiger partial charge < -0.3 is 4.74 Å². The number of hydrogen-bond donors (Lipinski definition) is 0. The van der Waals surface area contributed by atoms with Crippen molar-refractivity contribution in [3.8, 4) is 0 Å². The minimum Gasteiger partial charge on any atom is -0.466 e. The van der Waals surface area contributed by atoms with Crippen LogP contribution in [0.1, 0.15) is 25.6 Å². The third-order valence-electron chi connectivity index (χ3n) is 4.89. The lowest BCUT2D eigenvalue weighted by Gasteiger charge is -2.30. The Hall–Kier alpha value is -2.26. The van der Waals surface area contributed by atoms with Crippen molar-refractivity contribution in [3.05, 3.63) is 27.6 Å². The van der Waals surface area contributed by atoms with Crippen molar-refractivity contribution in [1.29, 1.82) is 0 Å². The van der Waals surface area contributed by atoms with E-state index in [1.807, 2.05) is 22.8 Å². The Morgan fingerprint density at radius 1 is 1.42 bits per heavy atom. The van der Waals surface area contributed by atoms with Crippen LogP contribution in [0.3, 0.4) is 0 Å². The molecule has 138 valence electrons. The van der Waals surface area contributed by atoms with Crippen molar-refractivity contribution in [2.24, 2.45) is 13.0 Å². The molecule has 3 aromatic heterocycles. The number of nitrogens with zero attached hydrogens (tertiary/aromatic N) is 5. The van der Waals surface area contributed by atoms with Crippen molar-refractivity contribution in [3.63, 3.8) is 0 Å². The van der Waals surface area contributed by atoms with E-state index in [2.05, 4.69) is 15.1 Å². The summed E-state index contributed by atoms with van der Waals surface area (Å²) in [5.74, 6) is 1.11. The summed E-state index contributed by atoms with van der Waals surface area (Å²) >= 11 is 1.43. The third-order valence-corrected chi connectivity index (χ3v) is 5.78. The van der Waals surface area contributed by atoms with Crippen LogP contribution >= 0.6 is 11.3 Å². The van der Waals surface area contributed by atoms with Gasteiger partial charge in [0.25, 0.3) is 5.56 Å². The second kappa shape index (κ2) is 6.81. The second-order valence-corrected chi connectivity index (χ2v) is 7.49. The first-order chi connectivity index (χ1) is 12.6. The van der Waals surface area contributed by atoms with Gasteiger partial charge >= 0.3 is 5.97 Å². The molecule has 1 aliphatic rings. The first-order valence-electron chi connectivity index (χ1n) is 8.79. The molecule has 0 saturated carbocycles. The fourth-order valence-corrected chi connectivity index (χ4v) is 4.46. The van der Waals surface area contributed by atoms with Crippen LogP contribution in [0.25, 0.3) is 16.0 Å². The van der Waals surface area contributed by atoms with Gasteiger partial charge in [-0.25, -0.2) is 0 Å². The molecule has 0 N–H and O–H groups in total. The lowest BCUT2D eigenvalue weighted by molar-refractivity contribution is -0.150. The van der Waals surface area contributed by atoms with Crippen LogP contribution in [0.2, 0.25) is 0 Å². The third kappa shape index (κ3) is 2.80. The quantitative estimate of drug-likeness (QED) is 0.642. The van der Waals surface area contributed by atoms with E-state index in [9.17, 15) is 9.59 Å². The van der Waals surface area contributed by atoms with Crippen LogP contribution in [-0.4, -0.2) is 49.7 Å². The van der Waals surface area contributed by atoms with E-state index in [0.29, 0.717) is 30.2 Å². The molecular formula is C17H21N5O3S. The van der Waals surface area contributed by atoms with Crippen molar-refractivity contribution in [2.75, 3.05) is 19.7 Å². The fraction of sp³-hybridized carbons (Fsp3) is 0.529. The summed E-state index contributed by atoms with van der Waals surface area (Å²) in [5, 5.41) is 10.5. The van der Waals surface area contributed by atoms with E-state index in [4.69, 9.17) is 4.74 Å². The number of hydrogen-bond acceptors (Lipinski definition) is 7. The fourth-order valence-electron chi connectivity index (χ4n) is 3.61. The monoisotopic (exact) mass is 375 g/mol. The largest absolute Gasteiger partial charge is 0.466 e. The number of fused-ring (bicyclic) bond motifs is 3. The molecule has 0 spiro atoms. The van der Waals surface area contributed by atoms with Crippen molar-refractivity contribution < 1.29 is 9.53 Å². The van der Waals surface area contributed by atoms with E-state index < -0.39 is 0 Å². The van der Waals surface area contributed by atoms with Crippen LogP contribution in [-0.2, 0) is 23.1 Å². The Balaban J connectivity index is 1.66. The van der Waals surface area contributed by atoms with Gasteiger partial charge in [0.2, 0.25) is 5.78 Å². The molecule has 0 bridgehead atoms. The Bertz CT molecular complexity index is 1020. The van der Waals surface area contributed by atoms with Gasteiger partial charge in [0, 0.05) is 13.6 Å². The zero-order valence-corrected chi connectivity index (χ0v) is 15.7. The van der Waals surface area contributed by atoms with E-state index >= 15 is 0 Å². The lowest BCUT2D eigenvalue weighted by Crippen LogP contribution is -2.39. The van der Waals surface area contributed by atoms with Gasteiger partial charge in [-0.15, -0.1) is 21.5 Å². The zero-order chi connectivity index (χ0) is 18.3. The van der Waals surface area contributed by atoms with Crippen LogP contribution in [0, 0.1) is 5.92 Å². The average Bonchev–Trinajstić information content (AvgIpc) is 3.27. The maximum atomic E-state index is 12.4. The molecule has 4 heterocycles. The second-order valence-electron chi connectivity index (χ2n) is 6.58. The molecule has 0 unspecified atom stereocenters. The van der Waals surface area contributed by atoms with Crippen molar-refractivity contribution in [2.45, 2.75) is 26.3 Å². The molecule has 1 atom stereocenters. The highest BCUT2D eigenvalue weighted by Gasteiger charge is 2.28. The predicted molar refractivity (Wildman–Crippen MR) is 98.2 cm³/mol. The number of aromatic nitrogens is 4. The molecule has 1 fully saturated rings. The van der Waals surface area contributed by atoms with Gasteiger partial charge in [-0.1, -0.05) is 0 Å². The molecular weight excluding hydrogens is 354 g/mol. The Morgan fingerprint density at radius 2 is 2.27 bits per heavy atom. The Labute approximate surface area is 154 Å². The normalized spacial score (nSPS) is 18.6. The highest BCUT2D eigenvalue weighted by atomic mass is 32.1. The number of aryl methyl sites for hydroxylation is 1.